The van der Waals surface area contributed by atoms with Gasteiger partial charge >= 0.3 is 11.9 Å². The Bertz CT molecular complexity index is 1070. The summed E-state index contributed by atoms with van der Waals surface area (Å²) in [6.07, 6.45) is 8.43. The van der Waals surface area contributed by atoms with E-state index in [2.05, 4.69) is 55.2 Å². The number of benzene rings is 2. The number of carbonyl (C=O) groups excluding carboxylic acids is 2. The summed E-state index contributed by atoms with van der Waals surface area (Å²) in [6.45, 7) is 8.54. The summed E-state index contributed by atoms with van der Waals surface area (Å²) in [5, 5.41) is 0. The lowest BCUT2D eigenvalue weighted by molar-refractivity contribution is -0.145. The van der Waals surface area contributed by atoms with Crippen molar-refractivity contribution in [2.45, 2.75) is 64.5 Å². The lowest BCUT2D eigenvalue weighted by atomic mass is 10.1. The molecule has 0 amide bonds. The van der Waals surface area contributed by atoms with Gasteiger partial charge in [0.05, 0.1) is 13.1 Å². The molecule has 2 unspecified atom stereocenters. The molecule has 0 bridgehead atoms. The maximum absolute atomic E-state index is 12.4. The van der Waals surface area contributed by atoms with E-state index in [0.717, 1.165) is 55.6 Å². The minimum Gasteiger partial charge on any atom is -0.463 e. The van der Waals surface area contributed by atoms with Crippen molar-refractivity contribution in [3.05, 3.63) is 59.7 Å². The van der Waals surface area contributed by atoms with Crippen molar-refractivity contribution in [1.29, 1.82) is 0 Å². The summed E-state index contributed by atoms with van der Waals surface area (Å²) < 4.78 is 10.9. The zero-order valence-corrected chi connectivity index (χ0v) is 26.7. The van der Waals surface area contributed by atoms with Gasteiger partial charge < -0.3 is 42.2 Å². The van der Waals surface area contributed by atoms with Gasteiger partial charge in [-0.2, -0.15) is 0 Å². The summed E-state index contributed by atoms with van der Waals surface area (Å²) in [4.78, 5) is 29.0. The third-order valence-electron chi connectivity index (χ3n) is 7.50. The molecule has 0 saturated carbocycles. The van der Waals surface area contributed by atoms with Crippen molar-refractivity contribution >= 4 is 35.5 Å². The first-order valence-corrected chi connectivity index (χ1v) is 16.0. The van der Waals surface area contributed by atoms with Gasteiger partial charge in [-0.3, -0.25) is 9.59 Å². The van der Waals surface area contributed by atoms with E-state index in [9.17, 15) is 9.59 Å². The molecule has 0 aliphatic rings. The van der Waals surface area contributed by atoms with Crippen LogP contribution in [0.3, 0.4) is 0 Å². The second-order valence-electron chi connectivity index (χ2n) is 10.8. The van der Waals surface area contributed by atoms with Gasteiger partial charge in [-0.15, -0.1) is 0 Å². The maximum atomic E-state index is 12.4. The van der Waals surface area contributed by atoms with Gasteiger partial charge in [-0.1, -0.05) is 49.3 Å². The number of rotatable bonds is 22. The van der Waals surface area contributed by atoms with E-state index < -0.39 is 24.0 Å². The molecule has 0 fully saturated rings. The van der Waals surface area contributed by atoms with Crippen LogP contribution in [0.4, 0.5) is 11.4 Å². The fourth-order valence-electron chi connectivity index (χ4n) is 4.72. The van der Waals surface area contributed by atoms with Gasteiger partial charge in [-0.25, -0.2) is 0 Å². The molecule has 0 saturated heterocycles. The molecule has 10 heteroatoms. The van der Waals surface area contributed by atoms with Gasteiger partial charge in [0.15, 0.2) is 0 Å². The van der Waals surface area contributed by atoms with Crippen molar-refractivity contribution in [3.63, 3.8) is 0 Å². The fraction of sp³-hybridized carbons (Fsp3) is 0.529. The molecule has 44 heavy (non-hydrogen) atoms. The minimum absolute atomic E-state index is 0.154. The smallest absolute Gasteiger partial charge is 0.322 e. The molecule has 0 radical (unpaired) electrons. The van der Waals surface area contributed by atoms with Crippen LogP contribution in [-0.4, -0.2) is 76.5 Å². The number of carbonyl (C=O) groups is 2. The van der Waals surface area contributed by atoms with E-state index in [1.165, 1.54) is 5.69 Å². The number of ether oxygens (including phenoxy) is 2. The lowest BCUT2D eigenvalue weighted by Gasteiger charge is -2.25. The average molecular weight is 611 g/mol. The van der Waals surface area contributed by atoms with E-state index in [4.69, 9.17) is 32.4 Å². The normalized spacial score (nSPS) is 12.6. The molecular weight excluding hydrogens is 556 g/mol. The van der Waals surface area contributed by atoms with Crippen LogP contribution in [0.25, 0.3) is 12.2 Å². The first kappa shape index (κ1) is 36.8. The molecule has 0 aromatic heterocycles. The standard InChI is InChI=1S/C34H54N6O4/c1-3-39(4-2)29-17-13-27(14-18-29)11-12-28-15-19-30(20-16-28)40(23-25-43-33(41)31(37)9-5-7-21-35)24-26-44-34(42)32(38)10-6-8-22-36/h11-20,31-32H,3-10,21-26,35-38H2,1-2H3/b12-11+. The second-order valence-corrected chi connectivity index (χ2v) is 10.8. The number of hydrogen-bond acceptors (Lipinski definition) is 10. The topological polar surface area (TPSA) is 163 Å². The van der Waals surface area contributed by atoms with Crippen LogP contribution in [0.2, 0.25) is 0 Å². The molecule has 10 nitrogen and oxygen atoms in total. The Morgan fingerprint density at radius 3 is 1.41 bits per heavy atom. The van der Waals surface area contributed by atoms with Gasteiger partial charge in [-0.05, 0) is 88.0 Å². The minimum atomic E-state index is -0.670. The van der Waals surface area contributed by atoms with Crippen LogP contribution in [0, 0.1) is 0 Å². The molecule has 0 aliphatic carbocycles. The molecule has 0 aliphatic heterocycles. The summed E-state index contributed by atoms with van der Waals surface area (Å²) in [6, 6.07) is 15.3. The maximum Gasteiger partial charge on any atom is 0.322 e. The number of esters is 2. The Kier molecular flexibility index (Phi) is 17.8. The number of hydrogen-bond donors (Lipinski definition) is 4. The van der Waals surface area contributed by atoms with Crippen molar-refractivity contribution in [1.82, 2.24) is 0 Å². The Balaban J connectivity index is 2.02. The third-order valence-corrected chi connectivity index (χ3v) is 7.50. The van der Waals surface area contributed by atoms with E-state index in [1.807, 2.05) is 29.2 Å². The fourth-order valence-corrected chi connectivity index (χ4v) is 4.72. The molecule has 2 aromatic carbocycles. The highest BCUT2D eigenvalue weighted by molar-refractivity contribution is 5.76. The van der Waals surface area contributed by atoms with E-state index in [0.29, 0.717) is 39.0 Å². The van der Waals surface area contributed by atoms with Crippen molar-refractivity contribution < 1.29 is 19.1 Å². The predicted octanol–water partition coefficient (Wildman–Crippen LogP) is 3.51. The first-order chi connectivity index (χ1) is 21.3. The molecule has 0 spiro atoms. The average Bonchev–Trinajstić information content (AvgIpc) is 3.04. The second kappa shape index (κ2) is 21.3. The Morgan fingerprint density at radius 2 is 1.05 bits per heavy atom. The quantitative estimate of drug-likeness (QED) is 0.0881. The molecular formula is C34H54N6O4. The van der Waals surface area contributed by atoms with Gasteiger partial charge in [0.1, 0.15) is 25.3 Å². The Hall–Kier alpha value is -3.44. The highest BCUT2D eigenvalue weighted by atomic mass is 16.5. The molecule has 244 valence electrons. The van der Waals surface area contributed by atoms with Gasteiger partial charge in [0, 0.05) is 24.5 Å². The predicted molar refractivity (Wildman–Crippen MR) is 181 cm³/mol. The van der Waals surface area contributed by atoms with E-state index >= 15 is 0 Å². The molecule has 2 atom stereocenters. The number of nitrogens with zero attached hydrogens (tertiary/aromatic N) is 2. The summed E-state index contributed by atoms with van der Waals surface area (Å²) in [5.74, 6) is -0.857. The van der Waals surface area contributed by atoms with Crippen molar-refractivity contribution in [2.75, 3.05) is 62.3 Å². The highest BCUT2D eigenvalue weighted by Crippen LogP contribution is 2.19. The molecule has 2 rings (SSSR count). The summed E-state index contributed by atoms with van der Waals surface area (Å²) in [7, 11) is 0. The number of unbranched alkanes of at least 4 members (excludes halogenated alkanes) is 2. The van der Waals surface area contributed by atoms with Crippen LogP contribution in [0.1, 0.15) is 63.5 Å². The number of anilines is 2. The SMILES string of the molecule is CCN(CC)c1ccc(/C=C/c2ccc(N(CCOC(=O)C(N)CCCCN)CCOC(=O)C(N)CCCCN)cc2)cc1. The van der Waals surface area contributed by atoms with E-state index in [1.54, 1.807) is 0 Å². The first-order valence-electron chi connectivity index (χ1n) is 16.0. The van der Waals surface area contributed by atoms with Crippen LogP contribution in [-0.2, 0) is 19.1 Å². The number of nitrogens with two attached hydrogens (primary N) is 4. The third kappa shape index (κ3) is 13.5. The lowest BCUT2D eigenvalue weighted by Crippen LogP contribution is -2.37. The van der Waals surface area contributed by atoms with Crippen LogP contribution < -0.4 is 32.7 Å². The monoisotopic (exact) mass is 610 g/mol. The largest absolute Gasteiger partial charge is 0.463 e. The highest BCUT2D eigenvalue weighted by Gasteiger charge is 2.17. The zero-order valence-electron chi connectivity index (χ0n) is 26.7. The summed E-state index contributed by atoms with van der Waals surface area (Å²) >= 11 is 0. The zero-order chi connectivity index (χ0) is 32.2. The Labute approximate surface area is 263 Å². The van der Waals surface area contributed by atoms with Gasteiger partial charge in [0.25, 0.3) is 0 Å². The van der Waals surface area contributed by atoms with Crippen molar-refractivity contribution in [3.8, 4) is 0 Å². The van der Waals surface area contributed by atoms with Crippen LogP contribution >= 0.6 is 0 Å². The van der Waals surface area contributed by atoms with Crippen molar-refractivity contribution in [2.24, 2.45) is 22.9 Å². The van der Waals surface area contributed by atoms with Crippen LogP contribution in [0.5, 0.6) is 0 Å². The molecule has 8 N–H and O–H groups in total. The van der Waals surface area contributed by atoms with Gasteiger partial charge in [0.2, 0.25) is 0 Å². The van der Waals surface area contributed by atoms with E-state index in [-0.39, 0.29) is 13.2 Å². The molecule has 2 aromatic rings. The van der Waals surface area contributed by atoms with Crippen LogP contribution in [0.15, 0.2) is 48.5 Å². The molecule has 0 heterocycles. The summed E-state index contributed by atoms with van der Waals surface area (Å²) in [5.41, 5.74) is 27.3. The Morgan fingerprint density at radius 1 is 0.659 bits per heavy atom.